The van der Waals surface area contributed by atoms with Gasteiger partial charge in [0, 0.05) is 19.4 Å². The van der Waals surface area contributed by atoms with Gasteiger partial charge in [-0.05, 0) is 12.1 Å². The maximum absolute atomic E-state index is 11.1. The van der Waals surface area contributed by atoms with E-state index in [-0.39, 0.29) is 17.7 Å². The van der Waals surface area contributed by atoms with Crippen molar-refractivity contribution in [1.29, 1.82) is 0 Å². The van der Waals surface area contributed by atoms with Gasteiger partial charge in [-0.15, -0.1) is 0 Å². The molecule has 0 saturated carbocycles. The molecule has 0 spiro atoms. The van der Waals surface area contributed by atoms with Gasteiger partial charge in [-0.3, -0.25) is 9.59 Å². The van der Waals surface area contributed by atoms with Crippen LogP contribution in [0.15, 0.2) is 12.1 Å². The zero-order chi connectivity index (χ0) is 14.0. The summed E-state index contributed by atoms with van der Waals surface area (Å²) in [6, 6.07) is 3.22. The first-order chi connectivity index (χ1) is 9.02. The number of benzene rings is 1. The summed E-state index contributed by atoms with van der Waals surface area (Å²) in [5.41, 5.74) is 0.771. The van der Waals surface area contributed by atoms with Crippen LogP contribution in [0, 0.1) is 0 Å². The van der Waals surface area contributed by atoms with E-state index >= 15 is 0 Å². The van der Waals surface area contributed by atoms with Crippen molar-refractivity contribution in [2.45, 2.75) is 19.9 Å². The first-order valence-electron chi connectivity index (χ1n) is 5.82. The fraction of sp³-hybridized carbons (Fsp3) is 0.385. The van der Waals surface area contributed by atoms with Gasteiger partial charge >= 0.3 is 5.97 Å². The Bertz CT molecular complexity index is 526. The second kappa shape index (κ2) is 5.17. The van der Waals surface area contributed by atoms with Gasteiger partial charge in [-0.1, -0.05) is 0 Å². The highest BCUT2D eigenvalue weighted by molar-refractivity contribution is 5.75. The molecular formula is C13H15NO5. The first kappa shape index (κ1) is 13.2. The second-order valence-electron chi connectivity index (χ2n) is 4.17. The maximum atomic E-state index is 11.1. The molecular weight excluding hydrogens is 250 g/mol. The summed E-state index contributed by atoms with van der Waals surface area (Å²) in [6.07, 6.45) is 0. The summed E-state index contributed by atoms with van der Waals surface area (Å²) in [5.74, 6) is 0.496. The largest absolute Gasteiger partial charge is 0.493 e. The number of methoxy groups -OCH3 is 1. The molecule has 1 unspecified atom stereocenters. The highest BCUT2D eigenvalue weighted by Gasteiger charge is 2.30. The van der Waals surface area contributed by atoms with E-state index in [1.54, 1.807) is 12.1 Å². The number of carbonyl (C=O) groups excluding carboxylic acids is 2. The zero-order valence-corrected chi connectivity index (χ0v) is 11.0. The van der Waals surface area contributed by atoms with Crippen LogP contribution in [0.25, 0.3) is 0 Å². The molecule has 6 nitrogen and oxygen atoms in total. The summed E-state index contributed by atoms with van der Waals surface area (Å²) >= 11 is 0. The molecule has 1 aromatic carbocycles. The molecule has 0 bridgehead atoms. The SMILES string of the molecule is COc1ccc2c(c1OC(C)=O)OCC2NC(C)=O. The summed E-state index contributed by atoms with van der Waals surface area (Å²) in [7, 11) is 1.48. The molecule has 19 heavy (non-hydrogen) atoms. The number of amides is 1. The lowest BCUT2D eigenvalue weighted by Gasteiger charge is -2.12. The predicted octanol–water partition coefficient (Wildman–Crippen LogP) is 1.19. The number of rotatable bonds is 3. The number of esters is 1. The minimum Gasteiger partial charge on any atom is -0.493 e. The molecule has 1 N–H and O–H groups in total. The third-order valence-electron chi connectivity index (χ3n) is 2.72. The minimum atomic E-state index is -0.460. The number of nitrogens with one attached hydrogen (secondary N) is 1. The van der Waals surface area contributed by atoms with E-state index in [2.05, 4.69) is 5.32 Å². The van der Waals surface area contributed by atoms with E-state index < -0.39 is 5.97 Å². The molecule has 102 valence electrons. The van der Waals surface area contributed by atoms with Crippen LogP contribution >= 0.6 is 0 Å². The van der Waals surface area contributed by atoms with Gasteiger partial charge in [-0.2, -0.15) is 0 Å². The van der Waals surface area contributed by atoms with E-state index in [1.165, 1.54) is 21.0 Å². The molecule has 1 heterocycles. The third kappa shape index (κ3) is 2.62. The predicted molar refractivity (Wildman–Crippen MR) is 66.4 cm³/mol. The Morgan fingerprint density at radius 2 is 2.11 bits per heavy atom. The second-order valence-corrected chi connectivity index (χ2v) is 4.17. The van der Waals surface area contributed by atoms with E-state index in [1.807, 2.05) is 0 Å². The molecule has 0 radical (unpaired) electrons. The topological polar surface area (TPSA) is 73.9 Å². The molecule has 0 saturated heterocycles. The van der Waals surface area contributed by atoms with Crippen molar-refractivity contribution in [3.63, 3.8) is 0 Å². The van der Waals surface area contributed by atoms with Crippen molar-refractivity contribution < 1.29 is 23.8 Å². The Kier molecular flexibility index (Phi) is 3.59. The smallest absolute Gasteiger partial charge is 0.308 e. The molecule has 2 rings (SSSR count). The molecule has 1 aromatic rings. The van der Waals surface area contributed by atoms with Gasteiger partial charge in [0.2, 0.25) is 11.7 Å². The third-order valence-corrected chi connectivity index (χ3v) is 2.72. The standard InChI is InChI=1S/C13H15NO5/c1-7(15)14-10-6-18-12-9(10)4-5-11(17-3)13(12)19-8(2)16/h4-5,10H,6H2,1-3H3,(H,14,15). The van der Waals surface area contributed by atoms with E-state index in [9.17, 15) is 9.59 Å². The van der Waals surface area contributed by atoms with E-state index in [0.717, 1.165) is 5.56 Å². The lowest BCUT2D eigenvalue weighted by atomic mass is 10.1. The summed E-state index contributed by atoms with van der Waals surface area (Å²) < 4.78 is 15.8. The highest BCUT2D eigenvalue weighted by Crippen LogP contribution is 2.46. The fourth-order valence-electron chi connectivity index (χ4n) is 2.01. The Hall–Kier alpha value is -2.24. The van der Waals surface area contributed by atoms with Crippen LogP contribution in [0.1, 0.15) is 25.5 Å². The number of hydrogen-bond acceptors (Lipinski definition) is 5. The monoisotopic (exact) mass is 265 g/mol. The van der Waals surface area contributed by atoms with Crippen LogP contribution in [-0.2, 0) is 9.59 Å². The van der Waals surface area contributed by atoms with Crippen LogP contribution in [0.2, 0.25) is 0 Å². The molecule has 6 heteroatoms. The van der Waals surface area contributed by atoms with Gasteiger partial charge in [0.25, 0.3) is 0 Å². The van der Waals surface area contributed by atoms with Crippen LogP contribution in [0.3, 0.4) is 0 Å². The van der Waals surface area contributed by atoms with Crippen molar-refractivity contribution in [1.82, 2.24) is 5.32 Å². The highest BCUT2D eigenvalue weighted by atomic mass is 16.6. The quantitative estimate of drug-likeness (QED) is 0.656. The van der Waals surface area contributed by atoms with E-state index in [0.29, 0.717) is 18.1 Å². The van der Waals surface area contributed by atoms with Gasteiger partial charge < -0.3 is 19.5 Å². The first-order valence-corrected chi connectivity index (χ1v) is 5.82. The minimum absolute atomic E-state index is 0.147. The summed E-state index contributed by atoms with van der Waals surface area (Å²) in [4.78, 5) is 22.3. The summed E-state index contributed by atoms with van der Waals surface area (Å²) in [5, 5.41) is 2.77. The molecule has 0 fully saturated rings. The van der Waals surface area contributed by atoms with Crippen molar-refractivity contribution in [3.05, 3.63) is 17.7 Å². The number of fused-ring (bicyclic) bond motifs is 1. The van der Waals surface area contributed by atoms with Crippen LogP contribution in [0.5, 0.6) is 17.2 Å². The van der Waals surface area contributed by atoms with Gasteiger partial charge in [0.05, 0.1) is 13.2 Å². The van der Waals surface area contributed by atoms with Crippen molar-refractivity contribution in [3.8, 4) is 17.2 Å². The normalized spacial score (nSPS) is 16.3. The number of hydrogen-bond donors (Lipinski definition) is 1. The molecule has 1 aliphatic heterocycles. The van der Waals surface area contributed by atoms with Crippen molar-refractivity contribution in [2.24, 2.45) is 0 Å². The fourth-order valence-corrected chi connectivity index (χ4v) is 2.01. The molecule has 0 aromatic heterocycles. The Morgan fingerprint density at radius 3 is 2.68 bits per heavy atom. The Morgan fingerprint density at radius 1 is 1.37 bits per heavy atom. The van der Waals surface area contributed by atoms with Gasteiger partial charge in [0.15, 0.2) is 11.5 Å². The molecule has 0 aliphatic carbocycles. The number of ether oxygens (including phenoxy) is 3. The van der Waals surface area contributed by atoms with E-state index in [4.69, 9.17) is 14.2 Å². The molecule has 1 atom stereocenters. The Labute approximate surface area is 110 Å². The average molecular weight is 265 g/mol. The Balaban J connectivity index is 2.41. The zero-order valence-electron chi connectivity index (χ0n) is 11.0. The maximum Gasteiger partial charge on any atom is 0.308 e. The van der Waals surface area contributed by atoms with Crippen LogP contribution in [0.4, 0.5) is 0 Å². The van der Waals surface area contributed by atoms with Crippen molar-refractivity contribution in [2.75, 3.05) is 13.7 Å². The van der Waals surface area contributed by atoms with Gasteiger partial charge in [-0.25, -0.2) is 0 Å². The molecule has 1 aliphatic rings. The summed E-state index contributed by atoms with van der Waals surface area (Å²) in [6.45, 7) is 3.05. The van der Waals surface area contributed by atoms with Gasteiger partial charge in [0.1, 0.15) is 6.61 Å². The lowest BCUT2D eigenvalue weighted by Crippen LogP contribution is -2.26. The van der Waals surface area contributed by atoms with Crippen molar-refractivity contribution >= 4 is 11.9 Å². The van der Waals surface area contributed by atoms with Crippen LogP contribution < -0.4 is 19.5 Å². The lowest BCUT2D eigenvalue weighted by molar-refractivity contribution is -0.132. The number of carbonyl (C=O) groups is 2. The van der Waals surface area contributed by atoms with Crippen LogP contribution in [-0.4, -0.2) is 25.6 Å². The average Bonchev–Trinajstić information content (AvgIpc) is 2.72. The molecule has 1 amide bonds.